The lowest BCUT2D eigenvalue weighted by Crippen LogP contribution is -2.30. The molecule has 0 saturated heterocycles. The van der Waals surface area contributed by atoms with Crippen molar-refractivity contribution in [2.45, 2.75) is 19.6 Å². The van der Waals surface area contributed by atoms with E-state index in [0.717, 1.165) is 5.56 Å². The fraction of sp³-hybridized carbons (Fsp3) is 0.250. The first-order valence-electron chi connectivity index (χ1n) is 6.93. The number of hydrogen-bond donors (Lipinski definition) is 1. The van der Waals surface area contributed by atoms with E-state index in [1.807, 2.05) is 36.6 Å². The molecule has 0 radical (unpaired) electrons. The van der Waals surface area contributed by atoms with Gasteiger partial charge in [-0.2, -0.15) is 0 Å². The van der Waals surface area contributed by atoms with Crippen LogP contribution in [0, 0.1) is 6.92 Å². The highest BCUT2D eigenvalue weighted by Gasteiger charge is 2.10. The Kier molecular flexibility index (Phi) is 4.22. The summed E-state index contributed by atoms with van der Waals surface area (Å²) in [5.74, 6) is 0.706. The Labute approximate surface area is 131 Å². The van der Waals surface area contributed by atoms with Crippen LogP contribution in [0.1, 0.15) is 5.56 Å². The van der Waals surface area contributed by atoms with E-state index in [-0.39, 0.29) is 18.7 Å². The molecule has 0 bridgehead atoms. The number of aryl methyl sites for hydroxylation is 1. The number of aliphatic hydroxyl groups is 1. The molecule has 3 aromatic rings. The van der Waals surface area contributed by atoms with Crippen LogP contribution in [0.4, 0.5) is 0 Å². The minimum absolute atomic E-state index is 0.123. The van der Waals surface area contributed by atoms with Gasteiger partial charge in [-0.15, -0.1) is 11.3 Å². The third-order valence-corrected chi connectivity index (χ3v) is 4.11. The maximum absolute atomic E-state index is 12.2. The van der Waals surface area contributed by atoms with Gasteiger partial charge >= 0.3 is 0 Å². The van der Waals surface area contributed by atoms with Crippen LogP contribution in [0.15, 0.2) is 46.8 Å². The number of thiophene rings is 1. The molecule has 1 aromatic carbocycles. The second kappa shape index (κ2) is 6.29. The molecule has 0 aliphatic carbocycles. The molecule has 0 aliphatic rings. The molecular formula is C16H16N2O3S. The summed E-state index contributed by atoms with van der Waals surface area (Å²) >= 11 is 1.43. The van der Waals surface area contributed by atoms with Crippen molar-refractivity contribution in [1.82, 2.24) is 9.55 Å². The molecule has 3 rings (SSSR count). The first-order chi connectivity index (χ1) is 10.6. The number of fused-ring (bicyclic) bond motifs is 1. The zero-order valence-corrected chi connectivity index (χ0v) is 12.9. The molecule has 1 unspecified atom stereocenters. The standard InChI is InChI=1S/C16H16N2O3S/c1-11-3-2-4-13(7-11)21-9-12(19)8-18-10-17-15-14(16(18)20)5-6-22-15/h2-7,10,12,19H,8-9H2,1H3. The summed E-state index contributed by atoms with van der Waals surface area (Å²) in [5, 5.41) is 12.5. The summed E-state index contributed by atoms with van der Waals surface area (Å²) in [6.07, 6.45) is 0.688. The Morgan fingerprint density at radius 1 is 1.41 bits per heavy atom. The van der Waals surface area contributed by atoms with E-state index in [1.54, 1.807) is 6.07 Å². The highest BCUT2D eigenvalue weighted by molar-refractivity contribution is 7.16. The lowest BCUT2D eigenvalue weighted by molar-refractivity contribution is 0.0914. The van der Waals surface area contributed by atoms with Crippen molar-refractivity contribution in [1.29, 1.82) is 0 Å². The number of hydrogen-bond acceptors (Lipinski definition) is 5. The van der Waals surface area contributed by atoms with E-state index in [0.29, 0.717) is 16.0 Å². The van der Waals surface area contributed by atoms with Gasteiger partial charge in [-0.05, 0) is 36.1 Å². The molecule has 0 spiro atoms. The molecule has 22 heavy (non-hydrogen) atoms. The van der Waals surface area contributed by atoms with Crippen LogP contribution in [0.3, 0.4) is 0 Å². The Morgan fingerprint density at radius 3 is 3.09 bits per heavy atom. The van der Waals surface area contributed by atoms with E-state index in [2.05, 4.69) is 4.98 Å². The molecule has 114 valence electrons. The largest absolute Gasteiger partial charge is 0.491 e. The van der Waals surface area contributed by atoms with Crippen molar-refractivity contribution in [3.63, 3.8) is 0 Å². The van der Waals surface area contributed by atoms with Crippen LogP contribution >= 0.6 is 11.3 Å². The van der Waals surface area contributed by atoms with Gasteiger partial charge in [-0.25, -0.2) is 4.98 Å². The predicted octanol–water partition coefficient (Wildman–Crippen LogP) is 2.21. The number of rotatable bonds is 5. The van der Waals surface area contributed by atoms with Crippen LogP contribution in [0.5, 0.6) is 5.75 Å². The molecule has 6 heteroatoms. The molecule has 0 amide bonds. The minimum atomic E-state index is -0.781. The van der Waals surface area contributed by atoms with Crippen LogP contribution in [-0.4, -0.2) is 27.4 Å². The van der Waals surface area contributed by atoms with Crippen molar-refractivity contribution < 1.29 is 9.84 Å². The highest BCUT2D eigenvalue weighted by Crippen LogP contribution is 2.14. The molecule has 1 atom stereocenters. The van der Waals surface area contributed by atoms with E-state index in [4.69, 9.17) is 4.74 Å². The molecule has 0 saturated carbocycles. The fourth-order valence-electron chi connectivity index (χ4n) is 2.20. The van der Waals surface area contributed by atoms with Gasteiger partial charge in [0.15, 0.2) is 0 Å². The van der Waals surface area contributed by atoms with E-state index < -0.39 is 6.10 Å². The van der Waals surface area contributed by atoms with Crippen molar-refractivity contribution >= 4 is 21.6 Å². The zero-order chi connectivity index (χ0) is 15.5. The SMILES string of the molecule is Cc1cccc(OCC(O)Cn2cnc3sccc3c2=O)c1. The topological polar surface area (TPSA) is 64.3 Å². The Morgan fingerprint density at radius 2 is 2.27 bits per heavy atom. The smallest absolute Gasteiger partial charge is 0.262 e. The van der Waals surface area contributed by atoms with Crippen molar-refractivity contribution in [2.75, 3.05) is 6.61 Å². The van der Waals surface area contributed by atoms with Gasteiger partial charge in [0.25, 0.3) is 5.56 Å². The maximum Gasteiger partial charge on any atom is 0.262 e. The highest BCUT2D eigenvalue weighted by atomic mass is 32.1. The molecule has 2 heterocycles. The molecule has 0 aliphatic heterocycles. The summed E-state index contributed by atoms with van der Waals surface area (Å²) in [4.78, 5) is 17.2. The summed E-state index contributed by atoms with van der Waals surface area (Å²) in [6.45, 7) is 2.26. The van der Waals surface area contributed by atoms with Crippen molar-refractivity contribution in [3.05, 3.63) is 58.0 Å². The minimum Gasteiger partial charge on any atom is -0.491 e. The van der Waals surface area contributed by atoms with Gasteiger partial charge in [0, 0.05) is 0 Å². The number of aliphatic hydroxyl groups excluding tert-OH is 1. The number of ether oxygens (including phenoxy) is 1. The zero-order valence-electron chi connectivity index (χ0n) is 12.1. The average Bonchev–Trinajstić information content (AvgIpc) is 2.98. The van der Waals surface area contributed by atoms with E-state index in [1.165, 1.54) is 22.2 Å². The van der Waals surface area contributed by atoms with Crippen LogP contribution in [0.25, 0.3) is 10.2 Å². The summed E-state index contributed by atoms with van der Waals surface area (Å²) in [7, 11) is 0. The van der Waals surface area contributed by atoms with Gasteiger partial charge in [0.05, 0.1) is 18.3 Å². The summed E-state index contributed by atoms with van der Waals surface area (Å²) in [6, 6.07) is 9.37. The molecular weight excluding hydrogens is 300 g/mol. The Bertz CT molecular complexity index is 841. The van der Waals surface area contributed by atoms with Crippen molar-refractivity contribution in [3.8, 4) is 5.75 Å². The van der Waals surface area contributed by atoms with Gasteiger partial charge in [0.1, 0.15) is 23.3 Å². The van der Waals surface area contributed by atoms with Gasteiger partial charge in [-0.1, -0.05) is 12.1 Å². The molecule has 2 aromatic heterocycles. The second-order valence-electron chi connectivity index (χ2n) is 5.12. The summed E-state index contributed by atoms with van der Waals surface area (Å²) < 4.78 is 6.97. The average molecular weight is 316 g/mol. The number of benzene rings is 1. The van der Waals surface area contributed by atoms with E-state index >= 15 is 0 Å². The number of aromatic nitrogens is 2. The summed E-state index contributed by atoms with van der Waals surface area (Å²) in [5.41, 5.74) is 0.955. The van der Waals surface area contributed by atoms with Crippen LogP contribution in [0.2, 0.25) is 0 Å². The predicted molar refractivity (Wildman–Crippen MR) is 86.6 cm³/mol. The van der Waals surface area contributed by atoms with Gasteiger partial charge < -0.3 is 9.84 Å². The van der Waals surface area contributed by atoms with Gasteiger partial charge in [0.2, 0.25) is 0 Å². The molecule has 1 N–H and O–H groups in total. The molecule has 5 nitrogen and oxygen atoms in total. The first-order valence-corrected chi connectivity index (χ1v) is 7.81. The fourth-order valence-corrected chi connectivity index (χ4v) is 2.92. The van der Waals surface area contributed by atoms with Crippen LogP contribution < -0.4 is 10.3 Å². The van der Waals surface area contributed by atoms with Crippen LogP contribution in [-0.2, 0) is 6.54 Å². The maximum atomic E-state index is 12.2. The lowest BCUT2D eigenvalue weighted by atomic mass is 10.2. The van der Waals surface area contributed by atoms with Gasteiger partial charge in [-0.3, -0.25) is 9.36 Å². The lowest BCUT2D eigenvalue weighted by Gasteiger charge is -2.14. The Hall–Kier alpha value is -2.18. The second-order valence-corrected chi connectivity index (χ2v) is 6.02. The molecule has 0 fully saturated rings. The third-order valence-electron chi connectivity index (χ3n) is 3.29. The monoisotopic (exact) mass is 316 g/mol. The quantitative estimate of drug-likeness (QED) is 0.784. The first kappa shape index (κ1) is 14.7. The Balaban J connectivity index is 1.66. The normalized spacial score (nSPS) is 12.5. The number of nitrogens with zero attached hydrogens (tertiary/aromatic N) is 2. The third kappa shape index (κ3) is 3.18. The van der Waals surface area contributed by atoms with E-state index in [9.17, 15) is 9.90 Å². The van der Waals surface area contributed by atoms with Crippen molar-refractivity contribution in [2.24, 2.45) is 0 Å².